The molecule has 3 rings (SSSR count). The van der Waals surface area contributed by atoms with Crippen LogP contribution in [0.3, 0.4) is 0 Å². The van der Waals surface area contributed by atoms with Gasteiger partial charge < -0.3 is 10.6 Å². The summed E-state index contributed by atoms with van der Waals surface area (Å²) in [5.41, 5.74) is 1.14. The summed E-state index contributed by atoms with van der Waals surface area (Å²) in [5, 5.41) is 9.99. The third kappa shape index (κ3) is 7.59. The SMILES string of the molecule is CC(=O)Nc1ccc(NC(=O)CSCc2csc(NC(=O)c3ccc(C(F)(F)F)cc3)n2)cc1. The van der Waals surface area contributed by atoms with Gasteiger partial charge in [0.15, 0.2) is 5.13 Å². The first kappa shape index (κ1) is 25.2. The van der Waals surface area contributed by atoms with Gasteiger partial charge in [0.25, 0.3) is 5.91 Å². The molecule has 2 aromatic carbocycles. The number of hydrogen-bond donors (Lipinski definition) is 3. The molecule has 3 amide bonds. The lowest BCUT2D eigenvalue weighted by Gasteiger charge is -2.07. The average Bonchev–Trinajstić information content (AvgIpc) is 3.21. The van der Waals surface area contributed by atoms with Crippen molar-refractivity contribution < 1.29 is 27.6 Å². The van der Waals surface area contributed by atoms with Crippen LogP contribution in [-0.4, -0.2) is 28.5 Å². The van der Waals surface area contributed by atoms with Crippen molar-refractivity contribution in [2.45, 2.75) is 18.9 Å². The number of alkyl halides is 3. The maximum atomic E-state index is 12.6. The Hall–Kier alpha value is -3.38. The van der Waals surface area contributed by atoms with Crippen LogP contribution in [0.15, 0.2) is 53.9 Å². The summed E-state index contributed by atoms with van der Waals surface area (Å²) in [6, 6.07) is 10.6. The Morgan fingerprint density at radius 2 is 1.56 bits per heavy atom. The number of rotatable bonds is 8. The number of aromatic nitrogens is 1. The quantitative estimate of drug-likeness (QED) is 0.386. The van der Waals surface area contributed by atoms with E-state index in [0.29, 0.717) is 28.0 Å². The first-order valence-electron chi connectivity index (χ1n) is 9.78. The summed E-state index contributed by atoms with van der Waals surface area (Å²) < 4.78 is 37.9. The third-order valence-electron chi connectivity index (χ3n) is 4.22. The van der Waals surface area contributed by atoms with E-state index < -0.39 is 17.6 Å². The highest BCUT2D eigenvalue weighted by atomic mass is 32.2. The number of benzene rings is 2. The number of thioether (sulfide) groups is 1. The molecule has 0 unspecified atom stereocenters. The fraction of sp³-hybridized carbons (Fsp3) is 0.182. The van der Waals surface area contributed by atoms with Crippen LogP contribution in [0.1, 0.15) is 28.5 Å². The van der Waals surface area contributed by atoms with Crippen LogP contribution in [-0.2, 0) is 21.5 Å². The first-order valence-corrected chi connectivity index (χ1v) is 11.8. The molecule has 1 aromatic heterocycles. The van der Waals surface area contributed by atoms with E-state index in [4.69, 9.17) is 0 Å². The van der Waals surface area contributed by atoms with E-state index in [2.05, 4.69) is 20.9 Å². The summed E-state index contributed by atoms with van der Waals surface area (Å²) in [4.78, 5) is 39.6. The number of thiazole rings is 1. The highest BCUT2D eigenvalue weighted by Gasteiger charge is 2.30. The zero-order valence-electron chi connectivity index (χ0n) is 17.7. The minimum atomic E-state index is -4.47. The lowest BCUT2D eigenvalue weighted by Crippen LogP contribution is -2.14. The van der Waals surface area contributed by atoms with Crippen molar-refractivity contribution >= 4 is 57.3 Å². The standard InChI is InChI=1S/C22H19F3N4O3S2/c1-13(30)26-16-6-8-17(9-7-16)27-19(31)12-33-10-18-11-34-21(28-18)29-20(32)14-2-4-15(5-3-14)22(23,24)25/h2-9,11H,10,12H2,1H3,(H,26,30)(H,27,31)(H,28,29,32). The van der Waals surface area contributed by atoms with Crippen LogP contribution in [0.4, 0.5) is 29.7 Å². The van der Waals surface area contributed by atoms with Gasteiger partial charge in [-0.05, 0) is 48.5 Å². The van der Waals surface area contributed by atoms with Gasteiger partial charge in [-0.25, -0.2) is 4.98 Å². The van der Waals surface area contributed by atoms with Crippen molar-refractivity contribution in [2.24, 2.45) is 0 Å². The van der Waals surface area contributed by atoms with Crippen molar-refractivity contribution in [3.8, 4) is 0 Å². The van der Waals surface area contributed by atoms with E-state index in [1.807, 2.05) is 0 Å². The van der Waals surface area contributed by atoms with Crippen LogP contribution in [0.2, 0.25) is 0 Å². The number of carbonyl (C=O) groups excluding carboxylic acids is 3. The Kier molecular flexibility index (Phi) is 8.29. The van der Waals surface area contributed by atoms with E-state index >= 15 is 0 Å². The Balaban J connectivity index is 1.43. The molecule has 7 nitrogen and oxygen atoms in total. The number of halogens is 3. The van der Waals surface area contributed by atoms with Gasteiger partial charge in [0, 0.05) is 35.0 Å². The van der Waals surface area contributed by atoms with E-state index in [9.17, 15) is 27.6 Å². The fourth-order valence-corrected chi connectivity index (χ4v) is 4.22. The predicted molar refractivity (Wildman–Crippen MR) is 127 cm³/mol. The molecule has 0 saturated carbocycles. The lowest BCUT2D eigenvalue weighted by atomic mass is 10.1. The van der Waals surface area contributed by atoms with Gasteiger partial charge in [-0.3, -0.25) is 19.7 Å². The summed E-state index contributed by atoms with van der Waals surface area (Å²) in [6.45, 7) is 1.41. The molecule has 0 radical (unpaired) electrons. The van der Waals surface area contributed by atoms with Crippen LogP contribution in [0.5, 0.6) is 0 Å². The largest absolute Gasteiger partial charge is 0.416 e. The molecule has 1 heterocycles. The maximum absolute atomic E-state index is 12.6. The van der Waals surface area contributed by atoms with E-state index in [1.165, 1.54) is 30.0 Å². The van der Waals surface area contributed by atoms with Crippen molar-refractivity contribution in [1.82, 2.24) is 4.98 Å². The second kappa shape index (κ2) is 11.2. The molecule has 3 N–H and O–H groups in total. The van der Waals surface area contributed by atoms with Crippen molar-refractivity contribution in [1.29, 1.82) is 0 Å². The smallest absolute Gasteiger partial charge is 0.326 e. The molecule has 0 saturated heterocycles. The molecule has 178 valence electrons. The Morgan fingerprint density at radius 1 is 0.941 bits per heavy atom. The zero-order chi connectivity index (χ0) is 24.7. The van der Waals surface area contributed by atoms with Crippen LogP contribution >= 0.6 is 23.1 Å². The molecule has 0 aliphatic rings. The minimum absolute atomic E-state index is 0.0842. The zero-order valence-corrected chi connectivity index (χ0v) is 19.4. The molecule has 3 aromatic rings. The van der Waals surface area contributed by atoms with Crippen molar-refractivity contribution in [2.75, 3.05) is 21.7 Å². The third-order valence-corrected chi connectivity index (χ3v) is 5.99. The lowest BCUT2D eigenvalue weighted by molar-refractivity contribution is -0.137. The van der Waals surface area contributed by atoms with Gasteiger partial charge in [0.2, 0.25) is 11.8 Å². The molecule has 34 heavy (non-hydrogen) atoms. The molecule has 0 aliphatic carbocycles. The van der Waals surface area contributed by atoms with E-state index in [1.54, 1.807) is 29.6 Å². The highest BCUT2D eigenvalue weighted by molar-refractivity contribution is 7.99. The number of anilines is 3. The molecule has 12 heteroatoms. The summed E-state index contributed by atoms with van der Waals surface area (Å²) >= 11 is 2.51. The fourth-order valence-electron chi connectivity index (χ4n) is 2.70. The topological polar surface area (TPSA) is 100 Å². The monoisotopic (exact) mass is 508 g/mol. The van der Waals surface area contributed by atoms with Crippen LogP contribution in [0.25, 0.3) is 0 Å². The van der Waals surface area contributed by atoms with Gasteiger partial charge in [-0.15, -0.1) is 23.1 Å². The Labute approximate surface area is 201 Å². The first-order chi connectivity index (χ1) is 16.1. The van der Waals surface area contributed by atoms with Gasteiger partial charge in [0.1, 0.15) is 0 Å². The summed E-state index contributed by atoms with van der Waals surface area (Å²) in [7, 11) is 0. The van der Waals surface area contributed by atoms with Crippen molar-refractivity contribution in [3.05, 3.63) is 70.7 Å². The van der Waals surface area contributed by atoms with E-state index in [-0.39, 0.29) is 23.1 Å². The number of nitrogens with one attached hydrogen (secondary N) is 3. The Bertz CT molecular complexity index is 1160. The van der Waals surface area contributed by atoms with E-state index in [0.717, 1.165) is 24.3 Å². The molecule has 0 spiro atoms. The molecular weight excluding hydrogens is 489 g/mol. The second-order valence-corrected chi connectivity index (χ2v) is 8.82. The Morgan fingerprint density at radius 3 is 2.15 bits per heavy atom. The molecule has 0 atom stereocenters. The van der Waals surface area contributed by atoms with Gasteiger partial charge in [-0.2, -0.15) is 13.2 Å². The van der Waals surface area contributed by atoms with Gasteiger partial charge in [-0.1, -0.05) is 0 Å². The average molecular weight is 509 g/mol. The molecule has 0 aliphatic heterocycles. The highest BCUT2D eigenvalue weighted by Crippen LogP contribution is 2.29. The van der Waals surface area contributed by atoms with Gasteiger partial charge in [0.05, 0.1) is 17.0 Å². The number of nitrogens with zero attached hydrogens (tertiary/aromatic N) is 1. The normalized spacial score (nSPS) is 11.1. The summed E-state index contributed by atoms with van der Waals surface area (Å²) in [6.07, 6.45) is -4.47. The summed E-state index contributed by atoms with van der Waals surface area (Å²) in [5.74, 6) is -0.341. The second-order valence-electron chi connectivity index (χ2n) is 6.97. The molecule has 0 bridgehead atoms. The van der Waals surface area contributed by atoms with Crippen LogP contribution < -0.4 is 16.0 Å². The molecular formula is C22H19F3N4O3S2. The molecule has 0 fully saturated rings. The van der Waals surface area contributed by atoms with Gasteiger partial charge >= 0.3 is 6.18 Å². The maximum Gasteiger partial charge on any atom is 0.416 e. The van der Waals surface area contributed by atoms with Crippen molar-refractivity contribution in [3.63, 3.8) is 0 Å². The minimum Gasteiger partial charge on any atom is -0.326 e. The number of amides is 3. The number of carbonyl (C=O) groups is 3. The van der Waals surface area contributed by atoms with Crippen LogP contribution in [0, 0.1) is 0 Å². The predicted octanol–water partition coefficient (Wildman–Crippen LogP) is 5.24. The number of hydrogen-bond acceptors (Lipinski definition) is 6.